The summed E-state index contributed by atoms with van der Waals surface area (Å²) in [5, 5.41) is 2.97. The smallest absolute Gasteiger partial charge is 0.261 e. The number of amides is 1. The highest BCUT2D eigenvalue weighted by molar-refractivity contribution is 5.81. The van der Waals surface area contributed by atoms with E-state index >= 15 is 0 Å². The van der Waals surface area contributed by atoms with Gasteiger partial charge < -0.3 is 15.0 Å². The molecule has 0 spiro atoms. The number of likely N-dealkylation sites (N-methyl/N-ethyl adjacent to an activating group) is 1. The Morgan fingerprint density at radius 1 is 1.12 bits per heavy atom. The number of nitrogens with zero attached hydrogens (tertiary/aromatic N) is 1. The van der Waals surface area contributed by atoms with Gasteiger partial charge in [-0.15, -0.1) is 0 Å². The number of anilines is 1. The van der Waals surface area contributed by atoms with Crippen molar-refractivity contribution in [3.63, 3.8) is 0 Å². The molecule has 1 amide bonds. The zero-order valence-electron chi connectivity index (χ0n) is 14.7. The van der Waals surface area contributed by atoms with E-state index in [4.69, 9.17) is 4.74 Å². The summed E-state index contributed by atoms with van der Waals surface area (Å²) in [6, 6.07) is 17.9. The Morgan fingerprint density at radius 2 is 1.79 bits per heavy atom. The van der Waals surface area contributed by atoms with Crippen LogP contribution in [0.1, 0.15) is 18.9 Å². The van der Waals surface area contributed by atoms with Crippen LogP contribution in [0.3, 0.4) is 0 Å². The predicted molar refractivity (Wildman–Crippen MR) is 98.6 cm³/mol. The fourth-order valence-electron chi connectivity index (χ4n) is 2.44. The third-order valence-electron chi connectivity index (χ3n) is 3.97. The first-order chi connectivity index (χ1) is 11.6. The molecule has 0 aliphatic carbocycles. The van der Waals surface area contributed by atoms with E-state index in [0.29, 0.717) is 13.0 Å². The molecule has 0 bridgehead atoms. The summed E-state index contributed by atoms with van der Waals surface area (Å²) < 4.78 is 5.87. The highest BCUT2D eigenvalue weighted by Crippen LogP contribution is 2.18. The third kappa shape index (κ3) is 5.01. The average molecular weight is 326 g/mol. The molecule has 0 heterocycles. The lowest BCUT2D eigenvalue weighted by atomic mass is 10.2. The minimum Gasteiger partial charge on any atom is -0.480 e. The van der Waals surface area contributed by atoms with Crippen LogP contribution in [0, 0.1) is 6.92 Å². The fraction of sp³-hybridized carbons (Fsp3) is 0.350. The second-order valence-electron chi connectivity index (χ2n) is 5.83. The molecule has 0 aromatic heterocycles. The molecule has 2 aromatic carbocycles. The topological polar surface area (TPSA) is 41.6 Å². The van der Waals surface area contributed by atoms with Gasteiger partial charge in [-0.25, -0.2) is 0 Å². The van der Waals surface area contributed by atoms with Gasteiger partial charge >= 0.3 is 0 Å². The molecular weight excluding hydrogens is 300 g/mol. The standard InChI is InChI=1S/C20H26N2O2/c1-4-18(24-19-13-9-8-10-16(19)2)20(23)21-14-15-22(3)17-11-6-5-7-12-17/h5-13,18H,4,14-15H2,1-3H3,(H,21,23)/t18-/m0/s1. The van der Waals surface area contributed by atoms with Gasteiger partial charge in [0.25, 0.3) is 5.91 Å². The third-order valence-corrected chi connectivity index (χ3v) is 3.97. The number of rotatable bonds is 8. The van der Waals surface area contributed by atoms with Crippen LogP contribution in [0.25, 0.3) is 0 Å². The molecule has 0 aliphatic rings. The molecule has 2 rings (SSSR count). The SMILES string of the molecule is CC[C@H](Oc1ccccc1C)C(=O)NCCN(C)c1ccccc1. The Labute approximate surface area is 144 Å². The average Bonchev–Trinajstić information content (AvgIpc) is 2.61. The van der Waals surface area contributed by atoms with Gasteiger partial charge in [0.1, 0.15) is 5.75 Å². The molecule has 0 saturated heterocycles. The number of hydrogen-bond acceptors (Lipinski definition) is 3. The first kappa shape index (κ1) is 17.9. The van der Waals surface area contributed by atoms with E-state index in [-0.39, 0.29) is 5.91 Å². The summed E-state index contributed by atoms with van der Waals surface area (Å²) in [6.07, 6.45) is 0.169. The van der Waals surface area contributed by atoms with Gasteiger partial charge in [-0.05, 0) is 37.1 Å². The summed E-state index contributed by atoms with van der Waals surface area (Å²) >= 11 is 0. The predicted octanol–water partition coefficient (Wildman–Crippen LogP) is 3.41. The van der Waals surface area contributed by atoms with Gasteiger partial charge in [-0.2, -0.15) is 0 Å². The van der Waals surface area contributed by atoms with Crippen LogP contribution in [0.5, 0.6) is 5.75 Å². The lowest BCUT2D eigenvalue weighted by Gasteiger charge is -2.21. The van der Waals surface area contributed by atoms with Gasteiger partial charge in [-0.3, -0.25) is 4.79 Å². The van der Waals surface area contributed by atoms with Gasteiger partial charge in [-0.1, -0.05) is 43.3 Å². The number of carbonyl (C=O) groups is 1. The minimum absolute atomic E-state index is 0.0674. The van der Waals surface area contributed by atoms with Crippen molar-refractivity contribution in [2.24, 2.45) is 0 Å². The van der Waals surface area contributed by atoms with E-state index < -0.39 is 6.10 Å². The fourth-order valence-corrected chi connectivity index (χ4v) is 2.44. The van der Waals surface area contributed by atoms with Gasteiger partial charge in [0.15, 0.2) is 6.10 Å². The van der Waals surface area contributed by atoms with Crippen molar-refractivity contribution in [3.8, 4) is 5.75 Å². The van der Waals surface area contributed by atoms with Gasteiger partial charge in [0.2, 0.25) is 0 Å². The second kappa shape index (κ2) is 8.96. The summed E-state index contributed by atoms with van der Waals surface area (Å²) in [7, 11) is 2.02. The Morgan fingerprint density at radius 3 is 2.46 bits per heavy atom. The minimum atomic E-state index is -0.465. The van der Waals surface area contributed by atoms with E-state index in [2.05, 4.69) is 22.3 Å². The Bertz CT molecular complexity index is 643. The number of ether oxygens (including phenoxy) is 1. The Kier molecular flexibility index (Phi) is 6.67. The number of aryl methyl sites for hydroxylation is 1. The van der Waals surface area contributed by atoms with Crippen molar-refractivity contribution >= 4 is 11.6 Å². The van der Waals surface area contributed by atoms with Crippen LogP contribution in [0.15, 0.2) is 54.6 Å². The molecule has 0 radical (unpaired) electrons. The van der Waals surface area contributed by atoms with Crippen molar-refractivity contribution in [1.82, 2.24) is 5.32 Å². The summed E-state index contributed by atoms with van der Waals surface area (Å²) in [6.45, 7) is 5.27. The maximum atomic E-state index is 12.4. The molecule has 0 unspecified atom stereocenters. The Hall–Kier alpha value is -2.49. The maximum absolute atomic E-state index is 12.4. The second-order valence-corrected chi connectivity index (χ2v) is 5.83. The molecule has 1 atom stereocenters. The zero-order valence-corrected chi connectivity index (χ0v) is 14.7. The van der Waals surface area contributed by atoms with Gasteiger partial charge in [0.05, 0.1) is 0 Å². The number of benzene rings is 2. The van der Waals surface area contributed by atoms with E-state index in [1.807, 2.05) is 63.4 Å². The van der Waals surface area contributed by atoms with Crippen LogP contribution in [-0.4, -0.2) is 32.1 Å². The highest BCUT2D eigenvalue weighted by atomic mass is 16.5. The van der Waals surface area contributed by atoms with Crippen LogP contribution >= 0.6 is 0 Å². The van der Waals surface area contributed by atoms with Crippen LogP contribution in [0.4, 0.5) is 5.69 Å². The largest absolute Gasteiger partial charge is 0.480 e. The van der Waals surface area contributed by atoms with E-state index in [1.54, 1.807) is 0 Å². The molecular formula is C20H26N2O2. The van der Waals surface area contributed by atoms with E-state index in [0.717, 1.165) is 23.5 Å². The van der Waals surface area contributed by atoms with Crippen molar-refractivity contribution in [2.45, 2.75) is 26.4 Å². The molecule has 128 valence electrons. The quantitative estimate of drug-likeness (QED) is 0.808. The normalized spacial score (nSPS) is 11.6. The lowest BCUT2D eigenvalue weighted by Crippen LogP contribution is -2.41. The molecule has 0 fully saturated rings. The van der Waals surface area contributed by atoms with Crippen molar-refractivity contribution in [3.05, 3.63) is 60.2 Å². The number of carbonyl (C=O) groups excluding carboxylic acids is 1. The van der Waals surface area contributed by atoms with Crippen LogP contribution in [0.2, 0.25) is 0 Å². The van der Waals surface area contributed by atoms with Crippen LogP contribution in [-0.2, 0) is 4.79 Å². The van der Waals surface area contributed by atoms with Crippen molar-refractivity contribution < 1.29 is 9.53 Å². The monoisotopic (exact) mass is 326 g/mol. The first-order valence-corrected chi connectivity index (χ1v) is 8.38. The van der Waals surface area contributed by atoms with Crippen molar-refractivity contribution in [2.75, 3.05) is 25.0 Å². The van der Waals surface area contributed by atoms with Crippen LogP contribution < -0.4 is 15.0 Å². The van der Waals surface area contributed by atoms with Crippen molar-refractivity contribution in [1.29, 1.82) is 0 Å². The number of nitrogens with one attached hydrogen (secondary N) is 1. The number of para-hydroxylation sites is 2. The molecule has 4 heteroatoms. The molecule has 1 N–H and O–H groups in total. The molecule has 0 aliphatic heterocycles. The zero-order chi connectivity index (χ0) is 17.4. The lowest BCUT2D eigenvalue weighted by molar-refractivity contribution is -0.128. The summed E-state index contributed by atoms with van der Waals surface area (Å²) in [5.41, 5.74) is 2.17. The number of hydrogen-bond donors (Lipinski definition) is 1. The summed E-state index contributed by atoms with van der Waals surface area (Å²) in [4.78, 5) is 14.5. The first-order valence-electron chi connectivity index (χ1n) is 8.38. The van der Waals surface area contributed by atoms with E-state index in [9.17, 15) is 4.79 Å². The van der Waals surface area contributed by atoms with E-state index in [1.165, 1.54) is 0 Å². The molecule has 24 heavy (non-hydrogen) atoms. The molecule has 4 nitrogen and oxygen atoms in total. The molecule has 2 aromatic rings. The van der Waals surface area contributed by atoms with Gasteiger partial charge in [0, 0.05) is 25.8 Å². The summed E-state index contributed by atoms with van der Waals surface area (Å²) in [5.74, 6) is 0.697. The highest BCUT2D eigenvalue weighted by Gasteiger charge is 2.18. The maximum Gasteiger partial charge on any atom is 0.261 e. The molecule has 0 saturated carbocycles. The Balaban J connectivity index is 1.83.